The number of aromatic nitrogens is 1. The summed E-state index contributed by atoms with van der Waals surface area (Å²) in [6.45, 7) is 0. The van der Waals surface area contributed by atoms with Gasteiger partial charge in [0.15, 0.2) is 5.69 Å². The Bertz CT molecular complexity index is 828. The smallest absolute Gasteiger partial charge is 0.358 e. The predicted octanol–water partition coefficient (Wildman–Crippen LogP) is 3.54. The van der Waals surface area contributed by atoms with E-state index in [4.69, 9.17) is 11.6 Å². The summed E-state index contributed by atoms with van der Waals surface area (Å²) in [5, 5.41) is 11.0. The van der Waals surface area contributed by atoms with E-state index in [-0.39, 0.29) is 10.6 Å². The molecule has 1 aromatic carbocycles. The second-order valence-corrected chi connectivity index (χ2v) is 6.45. The lowest BCUT2D eigenvalue weighted by atomic mass is 10.2. The molecular formula is C11H6ClF3N2O4S. The second-order valence-electron chi connectivity index (χ2n) is 4.11. The highest BCUT2D eigenvalue weighted by Crippen LogP contribution is 2.38. The number of nitrogens with one attached hydrogen (secondary N) is 1. The SMILES string of the molecule is O=[N+]([O-])c1cc(S(=O)(=O)C(F)(F)F)c(-c2ccc(Cl)cc2)[nH]1. The molecule has 1 N–H and O–H groups in total. The molecule has 11 heteroatoms. The Morgan fingerprint density at radius 1 is 1.18 bits per heavy atom. The third-order valence-corrected chi connectivity index (χ3v) is 4.45. The van der Waals surface area contributed by atoms with E-state index in [1.807, 2.05) is 0 Å². The van der Waals surface area contributed by atoms with Crippen molar-refractivity contribution in [2.24, 2.45) is 0 Å². The minimum absolute atomic E-state index is 0.0142. The van der Waals surface area contributed by atoms with Crippen molar-refractivity contribution in [1.29, 1.82) is 0 Å². The molecule has 0 amide bonds. The average molecular weight is 355 g/mol. The van der Waals surface area contributed by atoms with Gasteiger partial charge in [-0.1, -0.05) is 11.6 Å². The van der Waals surface area contributed by atoms with E-state index < -0.39 is 36.7 Å². The summed E-state index contributed by atoms with van der Waals surface area (Å²) in [5.41, 5.74) is -6.09. The third kappa shape index (κ3) is 2.79. The van der Waals surface area contributed by atoms with Crippen molar-refractivity contribution in [3.63, 3.8) is 0 Å². The number of sulfone groups is 1. The first-order valence-corrected chi connectivity index (χ1v) is 7.35. The van der Waals surface area contributed by atoms with Gasteiger partial charge < -0.3 is 10.1 Å². The summed E-state index contributed by atoms with van der Waals surface area (Å²) in [6.07, 6.45) is 0. The lowest BCUT2D eigenvalue weighted by molar-refractivity contribution is -0.389. The molecule has 1 aromatic heterocycles. The molecule has 2 rings (SSSR count). The first-order chi connectivity index (χ1) is 10.0. The van der Waals surface area contributed by atoms with Crippen LogP contribution in [-0.4, -0.2) is 23.8 Å². The van der Waals surface area contributed by atoms with Crippen LogP contribution in [0.25, 0.3) is 11.3 Å². The summed E-state index contributed by atoms with van der Waals surface area (Å²) in [4.78, 5) is 10.5. The highest BCUT2D eigenvalue weighted by Gasteiger charge is 2.50. The summed E-state index contributed by atoms with van der Waals surface area (Å²) in [7, 11) is -5.75. The molecule has 0 aliphatic heterocycles. The molecule has 118 valence electrons. The van der Waals surface area contributed by atoms with Gasteiger partial charge in [-0.3, -0.25) is 0 Å². The largest absolute Gasteiger partial charge is 0.502 e. The maximum absolute atomic E-state index is 12.7. The van der Waals surface area contributed by atoms with Crippen LogP contribution in [0.3, 0.4) is 0 Å². The van der Waals surface area contributed by atoms with Crippen LogP contribution in [0.4, 0.5) is 19.0 Å². The van der Waals surface area contributed by atoms with Gasteiger partial charge in [-0.15, -0.1) is 0 Å². The van der Waals surface area contributed by atoms with Gasteiger partial charge in [0.25, 0.3) is 9.84 Å². The fourth-order valence-corrected chi connectivity index (χ4v) is 2.77. The molecule has 2 aromatic rings. The van der Waals surface area contributed by atoms with Gasteiger partial charge in [0, 0.05) is 10.6 Å². The zero-order valence-corrected chi connectivity index (χ0v) is 12.0. The minimum Gasteiger partial charge on any atom is -0.358 e. The zero-order valence-electron chi connectivity index (χ0n) is 10.4. The number of hydrogen-bond donors (Lipinski definition) is 1. The molecule has 0 bridgehead atoms. The molecular weight excluding hydrogens is 349 g/mol. The quantitative estimate of drug-likeness (QED) is 0.674. The Morgan fingerprint density at radius 3 is 2.18 bits per heavy atom. The second kappa shape index (κ2) is 5.29. The van der Waals surface area contributed by atoms with Crippen LogP contribution in [0.2, 0.25) is 5.02 Å². The van der Waals surface area contributed by atoms with E-state index >= 15 is 0 Å². The van der Waals surface area contributed by atoms with Gasteiger partial charge in [0.2, 0.25) is 0 Å². The van der Waals surface area contributed by atoms with Gasteiger partial charge in [-0.2, -0.15) is 13.2 Å². The summed E-state index contributed by atoms with van der Waals surface area (Å²) in [5.74, 6) is -0.868. The number of alkyl halides is 3. The van der Waals surface area contributed by atoms with Gasteiger partial charge in [0.05, 0.1) is 6.07 Å². The van der Waals surface area contributed by atoms with Crippen LogP contribution in [0.15, 0.2) is 35.2 Å². The maximum atomic E-state index is 12.7. The molecule has 6 nitrogen and oxygen atoms in total. The minimum atomic E-state index is -5.75. The highest BCUT2D eigenvalue weighted by molar-refractivity contribution is 7.92. The molecule has 0 radical (unpaired) electrons. The van der Waals surface area contributed by atoms with E-state index in [1.54, 1.807) is 0 Å². The van der Waals surface area contributed by atoms with Crippen LogP contribution in [0.1, 0.15) is 0 Å². The first-order valence-electron chi connectivity index (χ1n) is 5.48. The maximum Gasteiger partial charge on any atom is 0.502 e. The average Bonchev–Trinajstić information content (AvgIpc) is 2.84. The van der Waals surface area contributed by atoms with Gasteiger partial charge in [0.1, 0.15) is 4.90 Å². The van der Waals surface area contributed by atoms with Crippen LogP contribution in [0, 0.1) is 10.1 Å². The zero-order chi connectivity index (χ0) is 16.7. The van der Waals surface area contributed by atoms with E-state index in [2.05, 4.69) is 4.98 Å². The topological polar surface area (TPSA) is 93.1 Å². The van der Waals surface area contributed by atoms with Crippen LogP contribution < -0.4 is 0 Å². The molecule has 0 aliphatic carbocycles. The molecule has 0 saturated heterocycles. The fraction of sp³-hybridized carbons (Fsp3) is 0.0909. The third-order valence-electron chi connectivity index (χ3n) is 2.69. The van der Waals surface area contributed by atoms with Crippen molar-refractivity contribution in [3.8, 4) is 11.3 Å². The van der Waals surface area contributed by atoms with Crippen molar-refractivity contribution in [2.75, 3.05) is 0 Å². The Kier molecular flexibility index (Phi) is 3.92. The molecule has 0 saturated carbocycles. The number of nitrogens with zero attached hydrogens (tertiary/aromatic N) is 1. The van der Waals surface area contributed by atoms with E-state index in [9.17, 15) is 31.7 Å². The van der Waals surface area contributed by atoms with Crippen molar-refractivity contribution in [2.45, 2.75) is 10.4 Å². The predicted molar refractivity (Wildman–Crippen MR) is 71.1 cm³/mol. The standard InChI is InChI=1S/C11H6ClF3N2O4S/c12-7-3-1-6(2-4-7)10-8(5-9(16-10)17(18)19)22(20,21)11(13,14)15/h1-5,16H. The van der Waals surface area contributed by atoms with Gasteiger partial charge in [-0.25, -0.2) is 13.4 Å². The summed E-state index contributed by atoms with van der Waals surface area (Å²) >= 11 is 5.64. The Hall–Kier alpha value is -2.07. The number of nitro groups is 1. The van der Waals surface area contributed by atoms with E-state index in [0.717, 1.165) is 0 Å². The van der Waals surface area contributed by atoms with Gasteiger partial charge >= 0.3 is 11.3 Å². The molecule has 0 fully saturated rings. The molecule has 22 heavy (non-hydrogen) atoms. The number of hydrogen-bond acceptors (Lipinski definition) is 4. The number of halogens is 4. The van der Waals surface area contributed by atoms with Crippen LogP contribution in [-0.2, 0) is 9.84 Å². The highest BCUT2D eigenvalue weighted by atomic mass is 35.5. The van der Waals surface area contributed by atoms with Crippen molar-refractivity contribution < 1.29 is 26.5 Å². The number of H-pyrrole nitrogens is 1. The molecule has 0 atom stereocenters. The summed E-state index contributed by atoms with van der Waals surface area (Å²) < 4.78 is 61.2. The molecule has 0 unspecified atom stereocenters. The van der Waals surface area contributed by atoms with Crippen molar-refractivity contribution in [1.82, 2.24) is 4.98 Å². The number of rotatable bonds is 3. The molecule has 0 spiro atoms. The fourth-order valence-electron chi connectivity index (χ4n) is 1.69. The number of aromatic amines is 1. The normalized spacial score (nSPS) is 12.4. The van der Waals surface area contributed by atoms with Gasteiger partial charge in [-0.05, 0) is 29.2 Å². The molecule has 0 aliphatic rings. The number of benzene rings is 1. The van der Waals surface area contributed by atoms with Crippen LogP contribution in [0.5, 0.6) is 0 Å². The Morgan fingerprint density at radius 2 is 1.73 bits per heavy atom. The Labute approximate surface area is 126 Å². The van der Waals surface area contributed by atoms with Crippen LogP contribution >= 0.6 is 11.6 Å². The lowest BCUT2D eigenvalue weighted by Gasteiger charge is -2.07. The summed E-state index contributed by atoms with van der Waals surface area (Å²) in [6, 6.07) is 5.45. The first kappa shape index (κ1) is 16.3. The molecule has 1 heterocycles. The Balaban J connectivity index is 2.74. The van der Waals surface area contributed by atoms with Crippen molar-refractivity contribution in [3.05, 3.63) is 45.5 Å². The lowest BCUT2D eigenvalue weighted by Crippen LogP contribution is -2.23. The monoisotopic (exact) mass is 354 g/mol. The van der Waals surface area contributed by atoms with E-state index in [1.165, 1.54) is 24.3 Å². The van der Waals surface area contributed by atoms with Crippen molar-refractivity contribution >= 4 is 27.3 Å². The van der Waals surface area contributed by atoms with E-state index in [0.29, 0.717) is 6.07 Å².